The van der Waals surface area contributed by atoms with Gasteiger partial charge in [-0.25, -0.2) is 0 Å². The van der Waals surface area contributed by atoms with Crippen LogP contribution in [0.25, 0.3) is 0 Å². The summed E-state index contributed by atoms with van der Waals surface area (Å²) in [7, 11) is 0. The van der Waals surface area contributed by atoms with E-state index in [1.165, 1.54) is 0 Å². The summed E-state index contributed by atoms with van der Waals surface area (Å²) in [4.78, 5) is 23.2. The monoisotopic (exact) mass is 345 g/mol. The van der Waals surface area contributed by atoms with Crippen molar-refractivity contribution in [2.24, 2.45) is 11.8 Å². The number of carboxylic acid groups (broad SMARTS) is 1. The highest BCUT2D eigenvalue weighted by Crippen LogP contribution is 2.34. The van der Waals surface area contributed by atoms with Gasteiger partial charge in [0.15, 0.2) is 0 Å². The molecule has 0 bridgehead atoms. The number of amides is 1. The van der Waals surface area contributed by atoms with Crippen LogP contribution < -0.4 is 5.32 Å². The smallest absolute Gasteiger partial charge is 0.307 e. The molecule has 4 nitrogen and oxygen atoms in total. The lowest BCUT2D eigenvalue weighted by molar-refractivity contribution is -0.145. The first-order valence-corrected chi connectivity index (χ1v) is 7.15. The Hall–Kier alpha value is -1.07. The van der Waals surface area contributed by atoms with Gasteiger partial charge in [-0.15, -0.1) is 0 Å². The zero-order valence-electron chi connectivity index (χ0n) is 10.0. The normalized spacial score (nSPS) is 22.2. The van der Waals surface area contributed by atoms with Crippen LogP contribution in [0.15, 0.2) is 22.7 Å². The van der Waals surface area contributed by atoms with Crippen LogP contribution in [0.4, 0.5) is 5.69 Å². The Kier molecular flexibility index (Phi) is 4.47. The van der Waals surface area contributed by atoms with Crippen molar-refractivity contribution in [3.05, 3.63) is 27.7 Å². The molecule has 2 atom stereocenters. The van der Waals surface area contributed by atoms with E-state index in [2.05, 4.69) is 21.2 Å². The summed E-state index contributed by atoms with van der Waals surface area (Å²) < 4.78 is 0.819. The second-order valence-corrected chi connectivity index (χ2v) is 5.92. The average Bonchev–Trinajstić information content (AvgIpc) is 2.82. The zero-order chi connectivity index (χ0) is 14.0. The van der Waals surface area contributed by atoms with Crippen molar-refractivity contribution in [1.29, 1.82) is 0 Å². The molecule has 2 N–H and O–H groups in total. The number of rotatable bonds is 3. The Balaban J connectivity index is 2.10. The highest BCUT2D eigenvalue weighted by Gasteiger charge is 2.37. The first kappa shape index (κ1) is 14.3. The number of aliphatic carboxylic acids is 1. The number of carbonyl (C=O) groups excluding carboxylic acids is 1. The summed E-state index contributed by atoms with van der Waals surface area (Å²) in [6.45, 7) is 0. The van der Waals surface area contributed by atoms with Gasteiger partial charge in [0.25, 0.3) is 0 Å². The van der Waals surface area contributed by atoms with Crippen molar-refractivity contribution in [3.8, 4) is 0 Å². The summed E-state index contributed by atoms with van der Waals surface area (Å²) in [6, 6.07) is 5.14. The predicted molar refractivity (Wildman–Crippen MR) is 76.2 cm³/mol. The minimum Gasteiger partial charge on any atom is -0.481 e. The predicted octanol–water partition coefficient (Wildman–Crippen LogP) is 3.54. The molecule has 102 valence electrons. The molecule has 6 heteroatoms. The minimum absolute atomic E-state index is 0.269. The second-order valence-electron chi connectivity index (χ2n) is 4.60. The van der Waals surface area contributed by atoms with E-state index in [0.29, 0.717) is 23.6 Å². The van der Waals surface area contributed by atoms with Crippen molar-refractivity contribution in [2.45, 2.75) is 19.3 Å². The minimum atomic E-state index is -0.903. The van der Waals surface area contributed by atoms with E-state index in [1.807, 2.05) is 0 Å². The van der Waals surface area contributed by atoms with Crippen LogP contribution in [-0.4, -0.2) is 17.0 Å². The second kappa shape index (κ2) is 5.92. The lowest BCUT2D eigenvalue weighted by Crippen LogP contribution is -2.30. The van der Waals surface area contributed by atoms with Gasteiger partial charge in [0.1, 0.15) is 0 Å². The van der Waals surface area contributed by atoms with Gasteiger partial charge in [-0.3, -0.25) is 9.59 Å². The third-order valence-electron chi connectivity index (χ3n) is 3.36. The molecule has 0 heterocycles. The van der Waals surface area contributed by atoms with E-state index in [9.17, 15) is 9.59 Å². The van der Waals surface area contributed by atoms with Gasteiger partial charge >= 0.3 is 5.97 Å². The van der Waals surface area contributed by atoms with Crippen LogP contribution >= 0.6 is 27.5 Å². The molecule has 0 spiro atoms. The molecule has 19 heavy (non-hydrogen) atoms. The Bertz CT molecular complexity index is 521. The largest absolute Gasteiger partial charge is 0.481 e. The highest BCUT2D eigenvalue weighted by molar-refractivity contribution is 9.10. The zero-order valence-corrected chi connectivity index (χ0v) is 12.4. The van der Waals surface area contributed by atoms with Gasteiger partial charge in [0, 0.05) is 4.47 Å². The van der Waals surface area contributed by atoms with Crippen molar-refractivity contribution in [3.63, 3.8) is 0 Å². The molecule has 0 radical (unpaired) electrons. The van der Waals surface area contributed by atoms with Crippen molar-refractivity contribution >= 4 is 45.1 Å². The lowest BCUT2D eigenvalue weighted by Gasteiger charge is -2.16. The fraction of sp³-hybridized carbons (Fsp3) is 0.385. The molecule has 2 unspecified atom stereocenters. The van der Waals surface area contributed by atoms with Gasteiger partial charge in [-0.1, -0.05) is 34.0 Å². The number of benzene rings is 1. The van der Waals surface area contributed by atoms with Crippen molar-refractivity contribution in [1.82, 2.24) is 0 Å². The first-order chi connectivity index (χ1) is 8.99. The van der Waals surface area contributed by atoms with Crippen LogP contribution in [-0.2, 0) is 9.59 Å². The maximum atomic E-state index is 12.1. The average molecular weight is 347 g/mol. The molecule has 1 saturated carbocycles. The maximum absolute atomic E-state index is 12.1. The molecular weight excluding hydrogens is 334 g/mol. The SMILES string of the molecule is O=C(O)C1CCCC1C(=O)Nc1ccc(Br)cc1Cl. The van der Waals surface area contributed by atoms with E-state index in [0.717, 1.165) is 10.9 Å². The summed E-state index contributed by atoms with van der Waals surface area (Å²) in [5, 5.41) is 12.2. The number of hydrogen-bond donors (Lipinski definition) is 2. The fourth-order valence-corrected chi connectivity index (χ4v) is 3.11. The highest BCUT2D eigenvalue weighted by atomic mass is 79.9. The van der Waals surface area contributed by atoms with E-state index in [1.54, 1.807) is 18.2 Å². The third-order valence-corrected chi connectivity index (χ3v) is 4.16. The molecule has 1 fully saturated rings. The molecular formula is C13H13BrClNO3. The molecule has 1 aliphatic rings. The Labute approximate surface area is 124 Å². The van der Waals surface area contributed by atoms with E-state index < -0.39 is 17.8 Å². The van der Waals surface area contributed by atoms with Crippen LogP contribution in [0.1, 0.15) is 19.3 Å². The molecule has 1 aromatic carbocycles. The Morgan fingerprint density at radius 1 is 1.32 bits per heavy atom. The summed E-state index contributed by atoms with van der Waals surface area (Å²) >= 11 is 9.30. The van der Waals surface area contributed by atoms with Gasteiger partial charge in [0.2, 0.25) is 5.91 Å². The van der Waals surface area contributed by atoms with Crippen LogP contribution in [0.2, 0.25) is 5.02 Å². The summed E-state index contributed by atoms with van der Waals surface area (Å²) in [6.07, 6.45) is 1.93. The summed E-state index contributed by atoms with van der Waals surface area (Å²) in [5.41, 5.74) is 0.505. The quantitative estimate of drug-likeness (QED) is 0.879. The Morgan fingerprint density at radius 3 is 2.63 bits per heavy atom. The number of halogens is 2. The third kappa shape index (κ3) is 3.28. The number of nitrogens with one attached hydrogen (secondary N) is 1. The molecule has 1 aliphatic carbocycles. The number of carbonyl (C=O) groups is 2. The van der Waals surface area contributed by atoms with Crippen molar-refractivity contribution in [2.75, 3.05) is 5.32 Å². The molecule has 0 saturated heterocycles. The first-order valence-electron chi connectivity index (χ1n) is 5.98. The number of anilines is 1. The van der Waals surface area contributed by atoms with Gasteiger partial charge in [0.05, 0.1) is 22.5 Å². The topological polar surface area (TPSA) is 66.4 Å². The Morgan fingerprint density at radius 2 is 2.00 bits per heavy atom. The van der Waals surface area contributed by atoms with Crippen LogP contribution in [0.5, 0.6) is 0 Å². The molecule has 1 aromatic rings. The number of hydrogen-bond acceptors (Lipinski definition) is 2. The van der Waals surface area contributed by atoms with Crippen molar-refractivity contribution < 1.29 is 14.7 Å². The van der Waals surface area contributed by atoms with E-state index >= 15 is 0 Å². The van der Waals surface area contributed by atoms with Gasteiger partial charge in [-0.2, -0.15) is 0 Å². The van der Waals surface area contributed by atoms with Crippen LogP contribution in [0.3, 0.4) is 0 Å². The van der Waals surface area contributed by atoms with Gasteiger partial charge < -0.3 is 10.4 Å². The fourth-order valence-electron chi connectivity index (χ4n) is 2.39. The molecule has 1 amide bonds. The van der Waals surface area contributed by atoms with Gasteiger partial charge in [-0.05, 0) is 31.0 Å². The molecule has 2 rings (SSSR count). The number of carboxylic acids is 1. The van der Waals surface area contributed by atoms with E-state index in [-0.39, 0.29) is 5.91 Å². The van der Waals surface area contributed by atoms with Crippen LogP contribution in [0, 0.1) is 11.8 Å². The van der Waals surface area contributed by atoms with E-state index in [4.69, 9.17) is 16.7 Å². The summed E-state index contributed by atoms with van der Waals surface area (Å²) in [5.74, 6) is -2.24. The lowest BCUT2D eigenvalue weighted by atomic mass is 9.95. The molecule has 0 aliphatic heterocycles. The maximum Gasteiger partial charge on any atom is 0.307 e. The molecule has 0 aromatic heterocycles. The standard InChI is InChI=1S/C13H13BrClNO3/c14-7-4-5-11(10(15)6-7)16-12(17)8-2-1-3-9(8)13(18)19/h4-6,8-9H,1-3H2,(H,16,17)(H,18,19).